The van der Waals surface area contributed by atoms with E-state index in [0.29, 0.717) is 12.2 Å². The van der Waals surface area contributed by atoms with Gasteiger partial charge in [0, 0.05) is 0 Å². The van der Waals surface area contributed by atoms with E-state index in [9.17, 15) is 10.2 Å². The van der Waals surface area contributed by atoms with E-state index in [1.807, 2.05) is 0 Å². The normalized spacial score (nSPS) is 18.7. The van der Waals surface area contributed by atoms with Crippen LogP contribution in [0.15, 0.2) is 117 Å². The fourth-order valence-corrected chi connectivity index (χ4v) is 6.03. The molecular weight excluding hydrogens is 613 g/mol. The molecule has 0 saturated heterocycles. The lowest BCUT2D eigenvalue weighted by molar-refractivity contribution is 0.136. The highest BCUT2D eigenvalue weighted by molar-refractivity contribution is 5.31. The first-order valence-electron chi connectivity index (χ1n) is 19.4. The molecule has 3 nitrogen and oxygen atoms in total. The topological polar surface area (TPSA) is 49.7 Å². The number of aliphatic hydroxyl groups excluding tert-OH is 2. The van der Waals surface area contributed by atoms with Crippen LogP contribution >= 0.6 is 0 Å². The Kier molecular flexibility index (Phi) is 24.3. The fourth-order valence-electron chi connectivity index (χ4n) is 6.03. The van der Waals surface area contributed by atoms with Crippen LogP contribution in [0.1, 0.15) is 159 Å². The Morgan fingerprint density at radius 3 is 1.08 bits per heavy atom. The van der Waals surface area contributed by atoms with Crippen LogP contribution in [0.3, 0.4) is 0 Å². The Balaban J connectivity index is 2.27. The highest BCUT2D eigenvalue weighted by atomic mass is 16.5. The van der Waals surface area contributed by atoms with Gasteiger partial charge in [-0.3, -0.25) is 0 Å². The summed E-state index contributed by atoms with van der Waals surface area (Å²) in [5.74, 6) is 0.421. The van der Waals surface area contributed by atoms with Crippen molar-refractivity contribution in [1.29, 1.82) is 0 Å². The van der Waals surface area contributed by atoms with E-state index in [4.69, 9.17) is 4.74 Å². The van der Waals surface area contributed by atoms with Crippen LogP contribution in [0.2, 0.25) is 0 Å². The van der Waals surface area contributed by atoms with Crippen molar-refractivity contribution in [2.24, 2.45) is 0 Å². The third-order valence-corrected chi connectivity index (χ3v) is 9.54. The molecule has 280 valence electrons. The lowest BCUT2D eigenvalue weighted by Crippen LogP contribution is -2.22. The van der Waals surface area contributed by atoms with Crippen LogP contribution in [-0.4, -0.2) is 29.5 Å². The highest BCUT2D eigenvalue weighted by Crippen LogP contribution is 2.24. The van der Waals surface area contributed by atoms with Gasteiger partial charge < -0.3 is 14.9 Å². The molecule has 1 rings (SSSR count). The van der Waals surface area contributed by atoms with Gasteiger partial charge in [-0.2, -0.15) is 0 Å². The van der Waals surface area contributed by atoms with Crippen molar-refractivity contribution >= 4 is 0 Å². The molecule has 3 heteroatoms. The standard InChI is InChI=1S/C47H74O3/c1-36(2)18-11-19-37(3)20-12-21-38(4)22-13-23-39(5)24-14-25-40(6)26-15-27-41(7)28-16-29-42(8)30-17-31-43(9)32-33-44-34-45(48)35-46(50-10)47(44)49/h18,20,22,24,26,28,30,32,34-35,45,47-49H,11-17,19,21,23,25,27,29,31,33H2,1-10H3. The molecule has 0 amide bonds. The van der Waals surface area contributed by atoms with Crippen LogP contribution in [-0.2, 0) is 4.74 Å². The molecule has 2 N–H and O–H groups in total. The molecule has 0 aromatic heterocycles. The molecule has 50 heavy (non-hydrogen) atoms. The third kappa shape index (κ3) is 22.8. The maximum absolute atomic E-state index is 10.4. The summed E-state index contributed by atoms with van der Waals surface area (Å²) in [4.78, 5) is 0. The summed E-state index contributed by atoms with van der Waals surface area (Å²) in [5, 5.41) is 20.4. The second kappa shape index (κ2) is 26.9. The molecule has 0 spiro atoms. The SMILES string of the molecule is COC1=CC(O)C=C(CC=C(C)CCC=C(C)CCC=C(C)CCC=C(C)CCC=C(C)CCC=C(C)CCC=C(C)CCC=C(C)C)C1O. The summed E-state index contributed by atoms with van der Waals surface area (Å²) >= 11 is 0. The molecule has 0 fully saturated rings. The smallest absolute Gasteiger partial charge is 0.132 e. The molecule has 1 aliphatic rings. The largest absolute Gasteiger partial charge is 0.498 e. The van der Waals surface area contributed by atoms with E-state index in [2.05, 4.69) is 111 Å². The minimum absolute atomic E-state index is 0.421. The van der Waals surface area contributed by atoms with Crippen LogP contribution in [0.25, 0.3) is 0 Å². The van der Waals surface area contributed by atoms with E-state index in [1.165, 1.54) is 64.5 Å². The summed E-state index contributed by atoms with van der Waals surface area (Å²) in [7, 11) is 1.52. The van der Waals surface area contributed by atoms with Crippen molar-refractivity contribution in [3.05, 3.63) is 117 Å². The number of aliphatic hydroxyl groups is 2. The lowest BCUT2D eigenvalue weighted by atomic mass is 9.95. The highest BCUT2D eigenvalue weighted by Gasteiger charge is 2.22. The van der Waals surface area contributed by atoms with Gasteiger partial charge >= 0.3 is 0 Å². The molecule has 0 saturated carbocycles. The van der Waals surface area contributed by atoms with Gasteiger partial charge in [-0.05, 0) is 176 Å². The van der Waals surface area contributed by atoms with Gasteiger partial charge in [-0.1, -0.05) is 93.2 Å². The number of ether oxygens (including phenoxy) is 1. The van der Waals surface area contributed by atoms with Gasteiger partial charge in [-0.15, -0.1) is 0 Å². The zero-order valence-corrected chi connectivity index (χ0v) is 33.8. The fraction of sp³-hybridized carbons (Fsp3) is 0.574. The number of hydrogen-bond acceptors (Lipinski definition) is 3. The van der Waals surface area contributed by atoms with E-state index < -0.39 is 12.2 Å². The molecule has 0 aliphatic heterocycles. The van der Waals surface area contributed by atoms with Gasteiger partial charge in [0.2, 0.25) is 0 Å². The lowest BCUT2D eigenvalue weighted by Gasteiger charge is -2.22. The summed E-state index contributed by atoms with van der Waals surface area (Å²) in [6.07, 6.45) is 37.2. The molecule has 0 bridgehead atoms. The van der Waals surface area contributed by atoms with Gasteiger partial charge in [0.1, 0.15) is 11.9 Å². The van der Waals surface area contributed by atoms with E-state index in [1.54, 1.807) is 12.2 Å². The molecule has 1 aliphatic carbocycles. The Hall–Kier alpha value is -2.88. The minimum Gasteiger partial charge on any atom is -0.498 e. The van der Waals surface area contributed by atoms with Crippen molar-refractivity contribution in [2.45, 2.75) is 171 Å². The van der Waals surface area contributed by atoms with Gasteiger partial charge in [0.15, 0.2) is 0 Å². The minimum atomic E-state index is -0.772. The van der Waals surface area contributed by atoms with Gasteiger partial charge in [0.25, 0.3) is 0 Å². The van der Waals surface area contributed by atoms with Crippen molar-refractivity contribution in [3.63, 3.8) is 0 Å². The number of allylic oxidation sites excluding steroid dienone is 16. The van der Waals surface area contributed by atoms with E-state index in [-0.39, 0.29) is 0 Å². The average Bonchev–Trinajstić information content (AvgIpc) is 3.04. The van der Waals surface area contributed by atoms with Crippen LogP contribution in [0.5, 0.6) is 0 Å². The molecule has 2 unspecified atom stereocenters. The van der Waals surface area contributed by atoms with Crippen molar-refractivity contribution < 1.29 is 14.9 Å². The Bertz CT molecular complexity index is 1310. The third-order valence-electron chi connectivity index (χ3n) is 9.54. The second-order valence-corrected chi connectivity index (χ2v) is 15.0. The molecule has 2 atom stereocenters. The Morgan fingerprint density at radius 2 is 0.780 bits per heavy atom. The first-order valence-corrected chi connectivity index (χ1v) is 19.4. The van der Waals surface area contributed by atoms with Gasteiger partial charge in [-0.25, -0.2) is 0 Å². The summed E-state index contributed by atoms with van der Waals surface area (Å²) in [5.41, 5.74) is 12.5. The van der Waals surface area contributed by atoms with Gasteiger partial charge in [0.05, 0.1) is 13.2 Å². The van der Waals surface area contributed by atoms with Crippen molar-refractivity contribution in [3.8, 4) is 0 Å². The maximum Gasteiger partial charge on any atom is 0.132 e. The number of methoxy groups -OCH3 is 1. The Morgan fingerprint density at radius 1 is 0.480 bits per heavy atom. The Labute approximate surface area is 308 Å². The first-order chi connectivity index (χ1) is 23.8. The average molecular weight is 687 g/mol. The number of rotatable bonds is 24. The van der Waals surface area contributed by atoms with Crippen molar-refractivity contribution in [1.82, 2.24) is 0 Å². The zero-order chi connectivity index (χ0) is 37.3. The monoisotopic (exact) mass is 687 g/mol. The molecule has 0 radical (unpaired) electrons. The van der Waals surface area contributed by atoms with E-state index >= 15 is 0 Å². The maximum atomic E-state index is 10.4. The summed E-state index contributed by atoms with van der Waals surface area (Å²) in [6.45, 7) is 20.1. The molecule has 0 aromatic carbocycles. The molecular formula is C47H74O3. The summed E-state index contributed by atoms with van der Waals surface area (Å²) < 4.78 is 5.20. The number of hydrogen-bond donors (Lipinski definition) is 2. The van der Waals surface area contributed by atoms with Crippen LogP contribution in [0, 0.1) is 0 Å². The predicted molar refractivity (Wildman–Crippen MR) is 220 cm³/mol. The van der Waals surface area contributed by atoms with E-state index in [0.717, 1.165) is 82.6 Å². The summed E-state index contributed by atoms with van der Waals surface area (Å²) in [6, 6.07) is 0. The second-order valence-electron chi connectivity index (χ2n) is 15.0. The van der Waals surface area contributed by atoms with Crippen LogP contribution in [0.4, 0.5) is 0 Å². The molecule has 0 aromatic rings. The van der Waals surface area contributed by atoms with Crippen molar-refractivity contribution in [2.75, 3.05) is 7.11 Å². The quantitative estimate of drug-likeness (QED) is 0.0994. The predicted octanol–water partition coefficient (Wildman–Crippen LogP) is 13.6. The first kappa shape index (κ1) is 45.1. The molecule has 0 heterocycles. The zero-order valence-electron chi connectivity index (χ0n) is 33.8. The van der Waals surface area contributed by atoms with Crippen LogP contribution < -0.4 is 0 Å².